The molecule has 6 nitrogen and oxygen atoms in total. The van der Waals surface area contributed by atoms with Crippen molar-refractivity contribution >= 4 is 34.2 Å². The predicted octanol–water partition coefficient (Wildman–Crippen LogP) is 5.76. The van der Waals surface area contributed by atoms with Gasteiger partial charge in [-0.05, 0) is 80.6 Å². The van der Waals surface area contributed by atoms with Crippen molar-refractivity contribution in [2.45, 2.75) is 45.5 Å². The van der Waals surface area contributed by atoms with Crippen LogP contribution in [0, 0.1) is 27.7 Å². The topological polar surface area (TPSA) is 69.3 Å². The minimum Gasteiger partial charge on any atom is -0.294 e. The minimum atomic E-state index is -0.123. The number of hydrogen-bond donors (Lipinski definition) is 0. The van der Waals surface area contributed by atoms with Crippen LogP contribution in [0.4, 0.5) is 0 Å². The van der Waals surface area contributed by atoms with E-state index in [1.165, 1.54) is 0 Å². The van der Waals surface area contributed by atoms with Gasteiger partial charge in [0.25, 0.3) is 5.56 Å². The highest BCUT2D eigenvalue weighted by molar-refractivity contribution is 7.98. The van der Waals surface area contributed by atoms with Crippen molar-refractivity contribution in [2.24, 2.45) is 0 Å². The minimum absolute atomic E-state index is 0.0763. The summed E-state index contributed by atoms with van der Waals surface area (Å²) in [6.07, 6.45) is 0. The molecule has 0 fully saturated rings. The summed E-state index contributed by atoms with van der Waals surface area (Å²) in [7, 11) is 0. The highest BCUT2D eigenvalue weighted by Gasteiger charge is 2.20. The number of hydrogen-bond acceptors (Lipinski definition) is 5. The van der Waals surface area contributed by atoms with Crippen LogP contribution in [-0.2, 0) is 5.75 Å². The zero-order valence-corrected chi connectivity index (χ0v) is 21.2. The SMILES string of the molecule is CC(=O)c1c(C)cc(C)c(CSc2nnc3n(-c4ccccc4C)c(=O)c4ccccc4n23)c1C. The van der Waals surface area contributed by atoms with Crippen LogP contribution in [0.5, 0.6) is 0 Å². The lowest BCUT2D eigenvalue weighted by molar-refractivity contribution is 0.101. The van der Waals surface area contributed by atoms with E-state index in [1.54, 1.807) is 23.3 Å². The van der Waals surface area contributed by atoms with Crippen molar-refractivity contribution in [2.75, 3.05) is 0 Å². The zero-order valence-electron chi connectivity index (χ0n) is 20.4. The molecule has 5 aromatic rings. The third-order valence-corrected chi connectivity index (χ3v) is 7.54. The first-order chi connectivity index (χ1) is 16.8. The van der Waals surface area contributed by atoms with E-state index in [-0.39, 0.29) is 11.3 Å². The van der Waals surface area contributed by atoms with Crippen LogP contribution in [0.1, 0.15) is 45.1 Å². The van der Waals surface area contributed by atoms with Gasteiger partial charge in [-0.2, -0.15) is 0 Å². The number of carbonyl (C=O) groups is 1. The van der Waals surface area contributed by atoms with Gasteiger partial charge in [0.1, 0.15) is 0 Å². The maximum absolute atomic E-state index is 13.5. The lowest BCUT2D eigenvalue weighted by Crippen LogP contribution is -2.22. The van der Waals surface area contributed by atoms with Crippen molar-refractivity contribution < 1.29 is 4.79 Å². The third kappa shape index (κ3) is 3.76. The van der Waals surface area contributed by atoms with Gasteiger partial charge in [-0.25, -0.2) is 4.57 Å². The Morgan fingerprint density at radius 1 is 0.914 bits per heavy atom. The van der Waals surface area contributed by atoms with Gasteiger partial charge in [0.2, 0.25) is 5.78 Å². The van der Waals surface area contributed by atoms with Crippen molar-refractivity contribution in [3.8, 4) is 5.69 Å². The number of Topliss-reactive ketones (excluding diaryl/α,β-unsaturated/α-hetero) is 1. The Kier molecular flexibility index (Phi) is 5.81. The Bertz CT molecular complexity index is 1700. The summed E-state index contributed by atoms with van der Waals surface area (Å²) < 4.78 is 3.60. The molecule has 0 saturated carbocycles. The number of para-hydroxylation sites is 2. The summed E-state index contributed by atoms with van der Waals surface area (Å²) >= 11 is 1.56. The molecule has 35 heavy (non-hydrogen) atoms. The maximum Gasteiger partial charge on any atom is 0.267 e. The molecule has 2 aromatic heterocycles. The van der Waals surface area contributed by atoms with Crippen LogP contribution < -0.4 is 5.56 Å². The molecule has 0 aliphatic heterocycles. The monoisotopic (exact) mass is 482 g/mol. The standard InChI is InChI=1S/C28H26N4O2S/c1-16-10-6-8-12-23(16)31-26(34)21-11-7-9-13-24(21)32-27(31)29-30-28(32)35-15-22-17(2)14-18(3)25(19(22)4)20(5)33/h6-14H,15H2,1-5H3. The van der Waals surface area contributed by atoms with Crippen LogP contribution in [0.15, 0.2) is 64.5 Å². The largest absolute Gasteiger partial charge is 0.294 e. The second kappa shape index (κ2) is 8.82. The number of benzene rings is 3. The van der Waals surface area contributed by atoms with Gasteiger partial charge in [-0.3, -0.25) is 14.0 Å². The van der Waals surface area contributed by atoms with Gasteiger partial charge in [0.15, 0.2) is 10.9 Å². The molecule has 7 heteroatoms. The Hall–Kier alpha value is -3.71. The van der Waals surface area contributed by atoms with Crippen LogP contribution >= 0.6 is 11.8 Å². The number of nitrogens with zero attached hydrogens (tertiary/aromatic N) is 4. The number of thioether (sulfide) groups is 1. The molecule has 0 saturated heterocycles. The quantitative estimate of drug-likeness (QED) is 0.235. The van der Waals surface area contributed by atoms with Gasteiger partial charge in [0.05, 0.1) is 16.6 Å². The summed E-state index contributed by atoms with van der Waals surface area (Å²) in [5, 5.41) is 10.3. The second-order valence-corrected chi connectivity index (χ2v) is 9.84. The summed E-state index contributed by atoms with van der Waals surface area (Å²) in [4.78, 5) is 25.8. The summed E-state index contributed by atoms with van der Waals surface area (Å²) in [6.45, 7) is 9.67. The average Bonchev–Trinajstić information content (AvgIpc) is 3.23. The molecule has 0 aliphatic rings. The molecular weight excluding hydrogens is 456 g/mol. The lowest BCUT2D eigenvalue weighted by Gasteiger charge is -2.16. The average molecular weight is 483 g/mol. The first kappa shape index (κ1) is 23.1. The highest BCUT2D eigenvalue weighted by Crippen LogP contribution is 2.31. The summed E-state index contributed by atoms with van der Waals surface area (Å²) in [5.41, 5.74) is 7.48. The fraction of sp³-hybridized carbons (Fsp3) is 0.214. The third-order valence-electron chi connectivity index (χ3n) is 6.58. The van der Waals surface area contributed by atoms with E-state index in [0.29, 0.717) is 22.1 Å². The van der Waals surface area contributed by atoms with Crippen molar-refractivity contribution in [3.63, 3.8) is 0 Å². The molecule has 0 aliphatic carbocycles. The Morgan fingerprint density at radius 2 is 1.63 bits per heavy atom. The van der Waals surface area contributed by atoms with Crippen molar-refractivity contribution in [1.82, 2.24) is 19.2 Å². The Morgan fingerprint density at radius 3 is 2.37 bits per heavy atom. The van der Waals surface area contributed by atoms with Gasteiger partial charge < -0.3 is 0 Å². The van der Waals surface area contributed by atoms with Crippen LogP contribution in [0.25, 0.3) is 22.4 Å². The van der Waals surface area contributed by atoms with E-state index in [2.05, 4.69) is 23.2 Å². The molecule has 0 spiro atoms. The molecular formula is C28H26N4O2S. The zero-order chi connectivity index (χ0) is 24.9. The first-order valence-electron chi connectivity index (χ1n) is 11.5. The number of aryl methyl sites for hydroxylation is 3. The molecule has 0 N–H and O–H groups in total. The van der Waals surface area contributed by atoms with E-state index in [0.717, 1.165) is 44.6 Å². The fourth-order valence-electron chi connectivity index (χ4n) is 4.93. The Balaban J connectivity index is 1.70. The number of aromatic nitrogens is 4. The fourth-order valence-corrected chi connectivity index (χ4v) is 6.06. The maximum atomic E-state index is 13.5. The molecule has 0 amide bonds. The van der Waals surface area contributed by atoms with Crippen molar-refractivity contribution in [1.29, 1.82) is 0 Å². The summed E-state index contributed by atoms with van der Waals surface area (Å²) in [6, 6.07) is 17.4. The van der Waals surface area contributed by atoms with Crippen LogP contribution in [0.3, 0.4) is 0 Å². The van der Waals surface area contributed by atoms with Crippen LogP contribution in [0.2, 0.25) is 0 Å². The van der Waals surface area contributed by atoms with E-state index in [9.17, 15) is 9.59 Å². The van der Waals surface area contributed by atoms with Crippen molar-refractivity contribution in [3.05, 3.63) is 98.3 Å². The molecule has 0 radical (unpaired) electrons. The number of fused-ring (bicyclic) bond motifs is 3. The number of carbonyl (C=O) groups excluding carboxylic acids is 1. The van der Waals surface area contributed by atoms with Gasteiger partial charge >= 0.3 is 0 Å². The first-order valence-corrected chi connectivity index (χ1v) is 12.5. The molecule has 0 atom stereocenters. The van der Waals surface area contributed by atoms with E-state index in [4.69, 9.17) is 0 Å². The molecule has 0 unspecified atom stereocenters. The molecule has 2 heterocycles. The van der Waals surface area contributed by atoms with E-state index in [1.807, 2.05) is 73.7 Å². The number of rotatable bonds is 5. The van der Waals surface area contributed by atoms with E-state index < -0.39 is 0 Å². The lowest BCUT2D eigenvalue weighted by atomic mass is 9.92. The van der Waals surface area contributed by atoms with E-state index >= 15 is 0 Å². The highest BCUT2D eigenvalue weighted by atomic mass is 32.2. The second-order valence-electron chi connectivity index (χ2n) is 8.90. The molecule has 0 bridgehead atoms. The van der Waals surface area contributed by atoms with Crippen LogP contribution in [-0.4, -0.2) is 24.9 Å². The normalized spacial score (nSPS) is 11.5. The molecule has 5 rings (SSSR count). The molecule has 3 aromatic carbocycles. The van der Waals surface area contributed by atoms with Gasteiger partial charge in [-0.1, -0.05) is 48.2 Å². The van der Waals surface area contributed by atoms with Gasteiger partial charge in [0, 0.05) is 11.3 Å². The molecule has 176 valence electrons. The predicted molar refractivity (Wildman–Crippen MR) is 141 cm³/mol. The smallest absolute Gasteiger partial charge is 0.267 e. The number of ketones is 1. The Labute approximate surface area is 207 Å². The summed E-state index contributed by atoms with van der Waals surface area (Å²) in [5.74, 6) is 1.19. The van der Waals surface area contributed by atoms with Gasteiger partial charge in [-0.15, -0.1) is 10.2 Å².